The Kier molecular flexibility index (Phi) is 5.75. The van der Waals surface area contributed by atoms with Gasteiger partial charge in [0, 0.05) is 38.9 Å². The van der Waals surface area contributed by atoms with E-state index in [1.165, 1.54) is 0 Å². The lowest BCUT2D eigenvalue weighted by molar-refractivity contribution is -0.126. The lowest BCUT2D eigenvalue weighted by Gasteiger charge is -2.37. The van der Waals surface area contributed by atoms with E-state index in [4.69, 9.17) is 4.74 Å². The van der Waals surface area contributed by atoms with Crippen LogP contribution in [0.5, 0.6) is 0 Å². The van der Waals surface area contributed by atoms with E-state index in [0.717, 1.165) is 32.8 Å². The molecule has 0 aliphatic carbocycles. The number of carbonyl (C=O) groups is 2. The summed E-state index contributed by atoms with van der Waals surface area (Å²) in [6, 6.07) is 3.24. The number of rotatable bonds is 6. The van der Waals surface area contributed by atoms with E-state index < -0.39 is 6.04 Å². The molecule has 1 unspecified atom stereocenters. The second-order valence-electron chi connectivity index (χ2n) is 7.16. The fraction of sp³-hybridized carbons (Fsp3) is 0.667. The van der Waals surface area contributed by atoms with Crippen LogP contribution in [-0.4, -0.2) is 78.2 Å². The molecule has 1 aromatic rings. The molecule has 25 heavy (non-hydrogen) atoms. The zero-order chi connectivity index (χ0) is 17.8. The van der Waals surface area contributed by atoms with Crippen molar-refractivity contribution in [3.8, 4) is 0 Å². The SMILES string of the molecule is CC(C)CN1C(=O)c2cccn2CC1C(=O)NCCN1CCOCC1. The molecular formula is C18H28N4O3. The first-order valence-electron chi connectivity index (χ1n) is 9.10. The first-order chi connectivity index (χ1) is 12.1. The smallest absolute Gasteiger partial charge is 0.271 e. The number of fused-ring (bicyclic) bond motifs is 1. The van der Waals surface area contributed by atoms with Crippen LogP contribution in [0, 0.1) is 5.92 Å². The Morgan fingerprint density at radius 2 is 2.12 bits per heavy atom. The highest BCUT2D eigenvalue weighted by molar-refractivity contribution is 5.97. The monoisotopic (exact) mass is 348 g/mol. The summed E-state index contributed by atoms with van der Waals surface area (Å²) in [7, 11) is 0. The fourth-order valence-electron chi connectivity index (χ4n) is 3.45. The van der Waals surface area contributed by atoms with Crippen molar-refractivity contribution in [3.05, 3.63) is 24.0 Å². The second kappa shape index (κ2) is 8.01. The Bertz CT molecular complexity index is 607. The highest BCUT2D eigenvalue weighted by Gasteiger charge is 2.36. The van der Waals surface area contributed by atoms with Crippen molar-refractivity contribution < 1.29 is 14.3 Å². The molecule has 3 rings (SSSR count). The summed E-state index contributed by atoms with van der Waals surface area (Å²) >= 11 is 0. The van der Waals surface area contributed by atoms with Gasteiger partial charge in [-0.3, -0.25) is 14.5 Å². The molecule has 0 aromatic carbocycles. The molecule has 2 aliphatic rings. The summed E-state index contributed by atoms with van der Waals surface area (Å²) in [5.74, 6) is 0.189. The topological polar surface area (TPSA) is 66.8 Å². The van der Waals surface area contributed by atoms with Crippen molar-refractivity contribution in [3.63, 3.8) is 0 Å². The Hall–Kier alpha value is -1.86. The van der Waals surface area contributed by atoms with E-state index in [2.05, 4.69) is 24.1 Å². The highest BCUT2D eigenvalue weighted by atomic mass is 16.5. The average molecular weight is 348 g/mol. The Morgan fingerprint density at radius 3 is 2.84 bits per heavy atom. The minimum Gasteiger partial charge on any atom is -0.379 e. The van der Waals surface area contributed by atoms with Gasteiger partial charge >= 0.3 is 0 Å². The van der Waals surface area contributed by atoms with Crippen molar-refractivity contribution in [2.45, 2.75) is 26.4 Å². The van der Waals surface area contributed by atoms with E-state index in [1.54, 1.807) is 4.90 Å². The van der Waals surface area contributed by atoms with E-state index >= 15 is 0 Å². The molecule has 1 saturated heterocycles. The Labute approximate surface area is 148 Å². The van der Waals surface area contributed by atoms with Crippen molar-refractivity contribution in [2.24, 2.45) is 5.92 Å². The highest BCUT2D eigenvalue weighted by Crippen LogP contribution is 2.20. The maximum atomic E-state index is 12.8. The summed E-state index contributed by atoms with van der Waals surface area (Å²) < 4.78 is 7.22. The number of nitrogens with one attached hydrogen (secondary N) is 1. The summed E-state index contributed by atoms with van der Waals surface area (Å²) in [5.41, 5.74) is 0.665. The van der Waals surface area contributed by atoms with Gasteiger partial charge in [-0.05, 0) is 18.1 Å². The first kappa shape index (κ1) is 17.9. The maximum absolute atomic E-state index is 12.8. The van der Waals surface area contributed by atoms with Crippen molar-refractivity contribution >= 4 is 11.8 Å². The molecule has 0 bridgehead atoms. The van der Waals surface area contributed by atoms with Gasteiger partial charge in [-0.2, -0.15) is 0 Å². The maximum Gasteiger partial charge on any atom is 0.271 e. The summed E-state index contributed by atoms with van der Waals surface area (Å²) in [5, 5.41) is 3.02. The van der Waals surface area contributed by atoms with Gasteiger partial charge < -0.3 is 19.5 Å². The molecule has 2 aliphatic heterocycles. The lowest BCUT2D eigenvalue weighted by atomic mass is 10.1. The number of morpholine rings is 1. The number of hydrogen-bond acceptors (Lipinski definition) is 4. The quantitative estimate of drug-likeness (QED) is 0.809. The van der Waals surface area contributed by atoms with Gasteiger partial charge in [-0.25, -0.2) is 0 Å². The first-order valence-corrected chi connectivity index (χ1v) is 9.10. The summed E-state index contributed by atoms with van der Waals surface area (Å²) in [4.78, 5) is 29.5. The Balaban J connectivity index is 1.61. The van der Waals surface area contributed by atoms with Crippen LogP contribution in [0.4, 0.5) is 0 Å². The van der Waals surface area contributed by atoms with Gasteiger partial charge in [0.1, 0.15) is 11.7 Å². The van der Waals surface area contributed by atoms with Gasteiger partial charge in [0.2, 0.25) is 5.91 Å². The van der Waals surface area contributed by atoms with Gasteiger partial charge in [0.05, 0.1) is 19.8 Å². The predicted octanol–water partition coefficient (Wildman–Crippen LogP) is 0.417. The molecule has 138 valence electrons. The molecule has 0 spiro atoms. The molecule has 1 N–H and O–H groups in total. The largest absolute Gasteiger partial charge is 0.379 e. The predicted molar refractivity (Wildman–Crippen MR) is 94.4 cm³/mol. The fourth-order valence-corrected chi connectivity index (χ4v) is 3.45. The van der Waals surface area contributed by atoms with Crippen molar-refractivity contribution in [2.75, 3.05) is 45.9 Å². The summed E-state index contributed by atoms with van der Waals surface area (Å²) in [6.07, 6.45) is 1.87. The number of amides is 2. The molecule has 1 aromatic heterocycles. The number of carbonyl (C=O) groups excluding carboxylic acids is 2. The normalized spacial score (nSPS) is 21.5. The van der Waals surface area contributed by atoms with Crippen LogP contribution in [0.15, 0.2) is 18.3 Å². The summed E-state index contributed by atoms with van der Waals surface area (Å²) in [6.45, 7) is 9.96. The molecule has 7 nitrogen and oxygen atoms in total. The molecule has 0 radical (unpaired) electrons. The molecule has 1 atom stereocenters. The van der Waals surface area contributed by atoms with E-state index in [1.807, 2.05) is 22.9 Å². The van der Waals surface area contributed by atoms with Crippen LogP contribution in [-0.2, 0) is 16.1 Å². The van der Waals surface area contributed by atoms with Gasteiger partial charge in [-0.1, -0.05) is 13.8 Å². The van der Waals surface area contributed by atoms with E-state index in [0.29, 0.717) is 31.2 Å². The number of nitrogens with zero attached hydrogens (tertiary/aromatic N) is 3. The van der Waals surface area contributed by atoms with Gasteiger partial charge in [0.15, 0.2) is 0 Å². The minimum absolute atomic E-state index is 0.0571. The minimum atomic E-state index is -0.445. The molecule has 0 saturated carbocycles. The van der Waals surface area contributed by atoms with Crippen LogP contribution in [0.3, 0.4) is 0 Å². The average Bonchev–Trinajstić information content (AvgIpc) is 3.06. The molecular weight excluding hydrogens is 320 g/mol. The molecule has 7 heteroatoms. The van der Waals surface area contributed by atoms with Crippen LogP contribution < -0.4 is 5.32 Å². The van der Waals surface area contributed by atoms with Crippen LogP contribution in [0.1, 0.15) is 24.3 Å². The Morgan fingerprint density at radius 1 is 1.36 bits per heavy atom. The number of ether oxygens (including phenoxy) is 1. The third-order valence-corrected chi connectivity index (χ3v) is 4.75. The van der Waals surface area contributed by atoms with Crippen molar-refractivity contribution in [1.29, 1.82) is 0 Å². The standard InChI is InChI=1S/C18H28N4O3/c1-14(2)12-22-16(13-21-6-3-4-15(21)18(22)24)17(23)19-5-7-20-8-10-25-11-9-20/h3-4,6,14,16H,5,7-13H2,1-2H3,(H,19,23). The number of aromatic nitrogens is 1. The van der Waals surface area contributed by atoms with Crippen LogP contribution >= 0.6 is 0 Å². The third kappa shape index (κ3) is 4.22. The van der Waals surface area contributed by atoms with E-state index in [-0.39, 0.29) is 11.8 Å². The van der Waals surface area contributed by atoms with Gasteiger partial charge in [0.25, 0.3) is 5.91 Å². The zero-order valence-electron chi connectivity index (χ0n) is 15.1. The van der Waals surface area contributed by atoms with Crippen LogP contribution in [0.2, 0.25) is 0 Å². The number of hydrogen-bond donors (Lipinski definition) is 1. The van der Waals surface area contributed by atoms with Crippen LogP contribution in [0.25, 0.3) is 0 Å². The van der Waals surface area contributed by atoms with Crippen molar-refractivity contribution in [1.82, 2.24) is 19.7 Å². The molecule has 3 heterocycles. The molecule has 1 fully saturated rings. The third-order valence-electron chi connectivity index (χ3n) is 4.75. The zero-order valence-corrected chi connectivity index (χ0v) is 15.1. The lowest BCUT2D eigenvalue weighted by Crippen LogP contribution is -2.56. The van der Waals surface area contributed by atoms with Gasteiger partial charge in [-0.15, -0.1) is 0 Å². The van der Waals surface area contributed by atoms with E-state index in [9.17, 15) is 9.59 Å². The molecule has 2 amide bonds. The second-order valence-corrected chi connectivity index (χ2v) is 7.16.